The van der Waals surface area contributed by atoms with Crippen LogP contribution in [0.5, 0.6) is 5.75 Å². The van der Waals surface area contributed by atoms with E-state index in [0.29, 0.717) is 12.3 Å². The summed E-state index contributed by atoms with van der Waals surface area (Å²) in [5, 5.41) is 5.76. The highest BCUT2D eigenvalue weighted by Crippen LogP contribution is 2.31. The van der Waals surface area contributed by atoms with Crippen LogP contribution in [0.25, 0.3) is 0 Å². The van der Waals surface area contributed by atoms with Gasteiger partial charge in [-0.3, -0.25) is 19.8 Å². The molecule has 0 aromatic heterocycles. The second-order valence-electron chi connectivity index (χ2n) is 8.80. The van der Waals surface area contributed by atoms with E-state index < -0.39 is 6.03 Å². The van der Waals surface area contributed by atoms with Gasteiger partial charge >= 0.3 is 6.03 Å². The number of piperidine rings is 2. The van der Waals surface area contributed by atoms with Crippen molar-refractivity contribution in [3.8, 4) is 5.75 Å². The minimum Gasteiger partial charge on any atom is -0.484 e. The van der Waals surface area contributed by atoms with Gasteiger partial charge in [0, 0.05) is 31.7 Å². The molecule has 0 bridgehead atoms. The topological polar surface area (TPSA) is 91.0 Å². The predicted molar refractivity (Wildman–Crippen MR) is 128 cm³/mol. The van der Waals surface area contributed by atoms with Crippen molar-refractivity contribution >= 4 is 23.5 Å². The molecule has 0 aliphatic carbocycles. The number of anilines is 1. The van der Waals surface area contributed by atoms with Crippen LogP contribution in [0.15, 0.2) is 18.2 Å². The molecule has 2 N–H and O–H groups in total. The van der Waals surface area contributed by atoms with Crippen molar-refractivity contribution in [1.82, 2.24) is 15.5 Å². The number of hydrogen-bond acceptors (Lipinski definition) is 5. The molecule has 3 aliphatic rings. The first-order valence-electron chi connectivity index (χ1n) is 12.3. The lowest BCUT2D eigenvalue weighted by Gasteiger charge is -2.37. The van der Waals surface area contributed by atoms with E-state index in [2.05, 4.69) is 10.6 Å². The molecule has 1 aromatic carbocycles. The van der Waals surface area contributed by atoms with Crippen LogP contribution < -0.4 is 20.3 Å². The fraction of sp³-hybridized carbons (Fsp3) is 0.640. The number of rotatable bonds is 5. The highest BCUT2D eigenvalue weighted by atomic mass is 16.5. The molecule has 3 heterocycles. The Morgan fingerprint density at radius 3 is 2.33 bits per heavy atom. The number of nitrogens with one attached hydrogen (secondary N) is 2. The molecule has 33 heavy (non-hydrogen) atoms. The van der Waals surface area contributed by atoms with Gasteiger partial charge in [-0.25, -0.2) is 4.79 Å². The molecular formula is C25H38N4O4. The standard InChI is InChI=1S/C23H32N4O4.C2H6/c1-16-14-19(2-3-20(16)27-13-8-21(28)25-23(27)30)31-15-22(29)26-11-6-18(7-12-26)17-4-9-24-10-5-17;1-2/h2-3,14,17-18,24H,4-13,15H2,1H3,(H,25,28,30);1-2H3. The van der Waals surface area contributed by atoms with E-state index in [0.717, 1.165) is 62.1 Å². The summed E-state index contributed by atoms with van der Waals surface area (Å²) in [6.45, 7) is 10.1. The monoisotopic (exact) mass is 458 g/mol. The van der Waals surface area contributed by atoms with Crippen molar-refractivity contribution < 1.29 is 19.1 Å². The Morgan fingerprint density at radius 1 is 1.03 bits per heavy atom. The molecule has 0 unspecified atom stereocenters. The smallest absolute Gasteiger partial charge is 0.328 e. The predicted octanol–water partition coefficient (Wildman–Crippen LogP) is 3.08. The Bertz CT molecular complexity index is 830. The summed E-state index contributed by atoms with van der Waals surface area (Å²) in [7, 11) is 0. The fourth-order valence-electron chi connectivity index (χ4n) is 4.99. The quantitative estimate of drug-likeness (QED) is 0.708. The van der Waals surface area contributed by atoms with E-state index in [1.165, 1.54) is 12.8 Å². The molecule has 8 nitrogen and oxygen atoms in total. The SMILES string of the molecule is CC.Cc1cc(OCC(=O)N2CCC(C3CCNCC3)CC2)ccc1N1CCC(=O)NC1=O. The van der Waals surface area contributed by atoms with E-state index in [1.54, 1.807) is 17.0 Å². The summed E-state index contributed by atoms with van der Waals surface area (Å²) >= 11 is 0. The van der Waals surface area contributed by atoms with Crippen molar-refractivity contribution in [3.63, 3.8) is 0 Å². The van der Waals surface area contributed by atoms with Crippen molar-refractivity contribution in [2.75, 3.05) is 44.2 Å². The highest BCUT2D eigenvalue weighted by Gasteiger charge is 2.29. The molecular weight excluding hydrogens is 420 g/mol. The van der Waals surface area contributed by atoms with Gasteiger partial charge in [-0.05, 0) is 81.3 Å². The lowest BCUT2D eigenvalue weighted by Crippen LogP contribution is -2.49. The number of amides is 4. The van der Waals surface area contributed by atoms with Gasteiger partial charge in [0.15, 0.2) is 6.61 Å². The lowest BCUT2D eigenvalue weighted by atomic mass is 9.79. The summed E-state index contributed by atoms with van der Waals surface area (Å²) in [6.07, 6.45) is 4.97. The molecule has 0 spiro atoms. The van der Waals surface area contributed by atoms with Gasteiger partial charge in [-0.15, -0.1) is 0 Å². The zero-order valence-corrected chi connectivity index (χ0v) is 20.2. The van der Waals surface area contributed by atoms with Crippen molar-refractivity contribution in [3.05, 3.63) is 23.8 Å². The normalized spacial score (nSPS) is 20.1. The van der Waals surface area contributed by atoms with Crippen LogP contribution in [0.3, 0.4) is 0 Å². The number of nitrogens with zero attached hydrogens (tertiary/aromatic N) is 2. The van der Waals surface area contributed by atoms with Gasteiger partial charge in [0.05, 0.1) is 0 Å². The summed E-state index contributed by atoms with van der Waals surface area (Å²) in [5.74, 6) is 1.92. The second-order valence-corrected chi connectivity index (χ2v) is 8.80. The maximum Gasteiger partial charge on any atom is 0.328 e. The molecule has 0 radical (unpaired) electrons. The molecule has 3 aliphatic heterocycles. The Morgan fingerprint density at radius 2 is 1.70 bits per heavy atom. The van der Waals surface area contributed by atoms with E-state index in [1.807, 2.05) is 31.7 Å². The summed E-state index contributed by atoms with van der Waals surface area (Å²) in [6, 6.07) is 4.99. The van der Waals surface area contributed by atoms with Gasteiger partial charge in [0.25, 0.3) is 5.91 Å². The first-order chi connectivity index (χ1) is 16.0. The summed E-state index contributed by atoms with van der Waals surface area (Å²) in [5.41, 5.74) is 1.60. The molecule has 1 aromatic rings. The van der Waals surface area contributed by atoms with Crippen molar-refractivity contribution in [2.45, 2.75) is 52.9 Å². The fourth-order valence-corrected chi connectivity index (χ4v) is 4.99. The van der Waals surface area contributed by atoms with E-state index in [9.17, 15) is 14.4 Å². The minimum atomic E-state index is -0.406. The van der Waals surface area contributed by atoms with Gasteiger partial charge in [-0.1, -0.05) is 13.8 Å². The number of benzene rings is 1. The molecule has 3 saturated heterocycles. The number of likely N-dealkylation sites (tertiary alicyclic amines) is 1. The third kappa shape index (κ3) is 6.47. The molecule has 0 saturated carbocycles. The van der Waals surface area contributed by atoms with E-state index in [-0.39, 0.29) is 24.8 Å². The second kappa shape index (κ2) is 12.0. The third-order valence-electron chi connectivity index (χ3n) is 6.82. The molecule has 4 rings (SSSR count). The van der Waals surface area contributed by atoms with Crippen LogP contribution in [-0.4, -0.2) is 62.1 Å². The average molecular weight is 459 g/mol. The Labute approximate surface area is 197 Å². The van der Waals surface area contributed by atoms with Crippen LogP contribution in [0, 0.1) is 18.8 Å². The van der Waals surface area contributed by atoms with Crippen LogP contribution in [0.1, 0.15) is 51.5 Å². The molecule has 0 atom stereocenters. The first kappa shape index (κ1) is 25.0. The molecule has 8 heteroatoms. The zero-order valence-electron chi connectivity index (χ0n) is 20.2. The number of imide groups is 1. The van der Waals surface area contributed by atoms with Crippen LogP contribution >= 0.6 is 0 Å². The third-order valence-corrected chi connectivity index (χ3v) is 6.82. The maximum atomic E-state index is 12.6. The lowest BCUT2D eigenvalue weighted by molar-refractivity contribution is -0.135. The van der Waals surface area contributed by atoms with Gasteiger partial charge in [0.2, 0.25) is 5.91 Å². The molecule has 4 amide bonds. The number of aryl methyl sites for hydroxylation is 1. The van der Waals surface area contributed by atoms with Gasteiger partial charge < -0.3 is 15.0 Å². The largest absolute Gasteiger partial charge is 0.484 e. The number of ether oxygens (including phenoxy) is 1. The van der Waals surface area contributed by atoms with Crippen LogP contribution in [0.2, 0.25) is 0 Å². The number of hydrogen-bond donors (Lipinski definition) is 2. The van der Waals surface area contributed by atoms with Crippen molar-refractivity contribution in [2.24, 2.45) is 11.8 Å². The van der Waals surface area contributed by atoms with Crippen LogP contribution in [0.4, 0.5) is 10.5 Å². The first-order valence-corrected chi connectivity index (χ1v) is 12.3. The Kier molecular flexibility index (Phi) is 9.11. The van der Waals surface area contributed by atoms with E-state index >= 15 is 0 Å². The minimum absolute atomic E-state index is 0.0233. The number of carbonyl (C=O) groups excluding carboxylic acids is 3. The van der Waals surface area contributed by atoms with Gasteiger partial charge in [-0.2, -0.15) is 0 Å². The Balaban J connectivity index is 0.00000149. The molecule has 182 valence electrons. The number of urea groups is 1. The summed E-state index contributed by atoms with van der Waals surface area (Å²) in [4.78, 5) is 39.5. The maximum absolute atomic E-state index is 12.6. The van der Waals surface area contributed by atoms with Crippen LogP contribution in [-0.2, 0) is 9.59 Å². The van der Waals surface area contributed by atoms with Crippen molar-refractivity contribution in [1.29, 1.82) is 0 Å². The highest BCUT2D eigenvalue weighted by molar-refractivity contribution is 6.05. The molecule has 3 fully saturated rings. The van der Waals surface area contributed by atoms with Gasteiger partial charge in [0.1, 0.15) is 5.75 Å². The van der Waals surface area contributed by atoms with E-state index in [4.69, 9.17) is 4.74 Å². The Hall–Kier alpha value is -2.61. The number of carbonyl (C=O) groups is 3. The zero-order chi connectivity index (χ0) is 23.8. The average Bonchev–Trinajstić information content (AvgIpc) is 2.85. The summed E-state index contributed by atoms with van der Waals surface area (Å²) < 4.78 is 5.76.